The van der Waals surface area contributed by atoms with Gasteiger partial charge < -0.3 is 14.3 Å². The molecule has 0 saturated heterocycles. The number of ether oxygens (including phenoxy) is 1. The van der Waals surface area contributed by atoms with Crippen molar-refractivity contribution in [1.82, 2.24) is 4.98 Å². The van der Waals surface area contributed by atoms with Gasteiger partial charge in [-0.3, -0.25) is 0 Å². The zero-order chi connectivity index (χ0) is 12.5. The minimum atomic E-state index is 0.167. The topological polar surface area (TPSA) is 55.5 Å². The molecule has 0 amide bonds. The van der Waals surface area contributed by atoms with Gasteiger partial charge in [-0.25, -0.2) is 4.98 Å². The van der Waals surface area contributed by atoms with Crippen LogP contribution < -0.4 is 4.74 Å². The molecule has 2 aromatic carbocycles. The van der Waals surface area contributed by atoms with Crippen LogP contribution in [0.5, 0.6) is 11.5 Å². The molecule has 3 rings (SSSR count). The Kier molecular flexibility index (Phi) is 2.41. The zero-order valence-corrected chi connectivity index (χ0v) is 9.75. The van der Waals surface area contributed by atoms with Crippen molar-refractivity contribution in [3.8, 4) is 23.0 Å². The van der Waals surface area contributed by atoms with Gasteiger partial charge in [-0.1, -0.05) is 0 Å². The summed E-state index contributed by atoms with van der Waals surface area (Å²) in [6, 6.07) is 12.3. The Morgan fingerprint density at radius 1 is 1.11 bits per heavy atom. The molecule has 18 heavy (non-hydrogen) atoms. The van der Waals surface area contributed by atoms with Gasteiger partial charge in [0.15, 0.2) is 5.58 Å². The summed E-state index contributed by atoms with van der Waals surface area (Å²) in [4.78, 5) is 4.36. The highest BCUT2D eigenvalue weighted by molar-refractivity contribution is 5.77. The molecule has 4 nitrogen and oxygen atoms in total. The molecule has 90 valence electrons. The Balaban J connectivity index is 2.07. The molecule has 1 N–H and O–H groups in total. The van der Waals surface area contributed by atoms with Crippen LogP contribution in [0.4, 0.5) is 0 Å². The van der Waals surface area contributed by atoms with Gasteiger partial charge in [0.05, 0.1) is 7.11 Å². The van der Waals surface area contributed by atoms with Crippen LogP contribution in [0.25, 0.3) is 22.6 Å². The van der Waals surface area contributed by atoms with Crippen molar-refractivity contribution >= 4 is 11.1 Å². The van der Waals surface area contributed by atoms with Gasteiger partial charge in [-0.05, 0) is 36.4 Å². The number of phenols is 1. The van der Waals surface area contributed by atoms with E-state index in [1.807, 2.05) is 24.3 Å². The number of aromatic hydroxyl groups is 1. The predicted octanol–water partition coefficient (Wildman–Crippen LogP) is 3.21. The highest BCUT2D eigenvalue weighted by atomic mass is 16.5. The number of hydrogen-bond donors (Lipinski definition) is 1. The highest BCUT2D eigenvalue weighted by Crippen LogP contribution is 2.27. The van der Waals surface area contributed by atoms with E-state index in [1.165, 1.54) is 0 Å². The van der Waals surface area contributed by atoms with Crippen molar-refractivity contribution in [2.45, 2.75) is 0 Å². The van der Waals surface area contributed by atoms with Crippen LogP contribution in [0.1, 0.15) is 0 Å². The fraction of sp³-hybridized carbons (Fsp3) is 0.0714. The Bertz CT molecular complexity index is 686. The molecule has 3 aromatic rings. The van der Waals surface area contributed by atoms with E-state index in [1.54, 1.807) is 25.3 Å². The first-order chi connectivity index (χ1) is 8.76. The molecule has 0 radical (unpaired) electrons. The molecular formula is C14H11NO3. The lowest BCUT2D eigenvalue weighted by molar-refractivity contribution is 0.415. The third-order valence-electron chi connectivity index (χ3n) is 2.71. The third kappa shape index (κ3) is 1.78. The van der Waals surface area contributed by atoms with E-state index in [9.17, 15) is 5.11 Å². The van der Waals surface area contributed by atoms with E-state index in [2.05, 4.69) is 4.98 Å². The SMILES string of the molecule is COc1ccc(-c2nc3ccc(O)cc3o2)cc1. The summed E-state index contributed by atoms with van der Waals surface area (Å²) < 4.78 is 10.7. The molecule has 0 spiro atoms. The largest absolute Gasteiger partial charge is 0.508 e. The zero-order valence-electron chi connectivity index (χ0n) is 9.75. The molecule has 0 fully saturated rings. The van der Waals surface area contributed by atoms with Crippen LogP contribution in [0.15, 0.2) is 46.9 Å². The quantitative estimate of drug-likeness (QED) is 0.748. The fourth-order valence-corrected chi connectivity index (χ4v) is 1.77. The summed E-state index contributed by atoms with van der Waals surface area (Å²) >= 11 is 0. The first-order valence-corrected chi connectivity index (χ1v) is 5.50. The second-order valence-corrected chi connectivity index (χ2v) is 3.90. The molecule has 1 heterocycles. The van der Waals surface area contributed by atoms with Crippen LogP contribution >= 0.6 is 0 Å². The standard InChI is InChI=1S/C14H11NO3/c1-17-11-5-2-9(3-6-11)14-15-12-7-4-10(16)8-13(12)18-14/h2-8,16H,1H3. The number of benzene rings is 2. The van der Waals surface area contributed by atoms with Crippen molar-refractivity contribution in [3.05, 3.63) is 42.5 Å². The number of rotatable bonds is 2. The van der Waals surface area contributed by atoms with Crippen molar-refractivity contribution in [2.24, 2.45) is 0 Å². The lowest BCUT2D eigenvalue weighted by atomic mass is 10.2. The normalized spacial score (nSPS) is 10.7. The molecule has 0 atom stereocenters. The molecular weight excluding hydrogens is 230 g/mol. The first kappa shape index (κ1) is 10.7. The number of aromatic nitrogens is 1. The van der Waals surface area contributed by atoms with Crippen molar-refractivity contribution < 1.29 is 14.3 Å². The summed E-state index contributed by atoms with van der Waals surface area (Å²) in [6.07, 6.45) is 0. The van der Waals surface area contributed by atoms with Crippen LogP contribution in [0, 0.1) is 0 Å². The Morgan fingerprint density at radius 2 is 1.89 bits per heavy atom. The highest BCUT2D eigenvalue weighted by Gasteiger charge is 2.08. The second-order valence-electron chi connectivity index (χ2n) is 3.90. The van der Waals surface area contributed by atoms with E-state index < -0.39 is 0 Å². The lowest BCUT2D eigenvalue weighted by Crippen LogP contribution is -1.82. The van der Waals surface area contributed by atoms with Gasteiger partial charge in [0, 0.05) is 11.6 Å². The van der Waals surface area contributed by atoms with Crippen LogP contribution in [-0.2, 0) is 0 Å². The molecule has 0 aliphatic heterocycles. The third-order valence-corrected chi connectivity index (χ3v) is 2.71. The van der Waals surface area contributed by atoms with E-state index in [0.717, 1.165) is 16.8 Å². The summed E-state index contributed by atoms with van der Waals surface area (Å²) in [5.41, 5.74) is 2.16. The predicted molar refractivity (Wildman–Crippen MR) is 67.7 cm³/mol. The van der Waals surface area contributed by atoms with Crippen LogP contribution in [0.3, 0.4) is 0 Å². The Morgan fingerprint density at radius 3 is 2.61 bits per heavy atom. The molecule has 0 saturated carbocycles. The summed E-state index contributed by atoms with van der Waals surface area (Å²) in [6.45, 7) is 0. The van der Waals surface area contributed by atoms with Crippen LogP contribution in [0.2, 0.25) is 0 Å². The number of hydrogen-bond acceptors (Lipinski definition) is 4. The van der Waals surface area contributed by atoms with Gasteiger partial charge in [0.1, 0.15) is 17.0 Å². The summed E-state index contributed by atoms with van der Waals surface area (Å²) in [7, 11) is 1.62. The minimum absolute atomic E-state index is 0.167. The van der Waals surface area contributed by atoms with Gasteiger partial charge in [-0.2, -0.15) is 0 Å². The Labute approximate surface area is 103 Å². The molecule has 0 aliphatic carbocycles. The maximum atomic E-state index is 9.37. The van der Waals surface area contributed by atoms with E-state index in [-0.39, 0.29) is 5.75 Å². The lowest BCUT2D eigenvalue weighted by Gasteiger charge is -1.99. The smallest absolute Gasteiger partial charge is 0.227 e. The Hall–Kier alpha value is -2.49. The maximum Gasteiger partial charge on any atom is 0.227 e. The fourth-order valence-electron chi connectivity index (χ4n) is 1.77. The molecule has 4 heteroatoms. The molecule has 0 bridgehead atoms. The number of fused-ring (bicyclic) bond motifs is 1. The minimum Gasteiger partial charge on any atom is -0.508 e. The number of oxazole rings is 1. The van der Waals surface area contributed by atoms with Crippen LogP contribution in [-0.4, -0.2) is 17.2 Å². The van der Waals surface area contributed by atoms with E-state index in [4.69, 9.17) is 9.15 Å². The van der Waals surface area contributed by atoms with Gasteiger partial charge in [0.25, 0.3) is 0 Å². The van der Waals surface area contributed by atoms with E-state index in [0.29, 0.717) is 11.5 Å². The first-order valence-electron chi connectivity index (χ1n) is 5.50. The average Bonchev–Trinajstić information content (AvgIpc) is 2.81. The monoisotopic (exact) mass is 241 g/mol. The maximum absolute atomic E-state index is 9.37. The average molecular weight is 241 g/mol. The van der Waals surface area contributed by atoms with Gasteiger partial charge >= 0.3 is 0 Å². The number of methoxy groups -OCH3 is 1. The van der Waals surface area contributed by atoms with Gasteiger partial charge in [-0.15, -0.1) is 0 Å². The van der Waals surface area contributed by atoms with E-state index >= 15 is 0 Å². The van der Waals surface area contributed by atoms with Gasteiger partial charge in [0.2, 0.25) is 5.89 Å². The number of nitrogens with zero attached hydrogens (tertiary/aromatic N) is 1. The van der Waals surface area contributed by atoms with Crippen molar-refractivity contribution in [1.29, 1.82) is 0 Å². The van der Waals surface area contributed by atoms with Crippen molar-refractivity contribution in [2.75, 3.05) is 7.11 Å². The van der Waals surface area contributed by atoms with Crippen molar-refractivity contribution in [3.63, 3.8) is 0 Å². The second kappa shape index (κ2) is 4.07. The summed E-state index contributed by atoms with van der Waals surface area (Å²) in [5.74, 6) is 1.48. The molecule has 0 aliphatic rings. The molecule has 1 aromatic heterocycles. The number of phenolic OH excluding ortho intramolecular Hbond substituents is 1. The molecule has 0 unspecified atom stereocenters. The summed E-state index contributed by atoms with van der Waals surface area (Å²) in [5, 5.41) is 9.37.